The Kier molecular flexibility index (Phi) is 5.97. The Bertz CT molecular complexity index is 145. The molecule has 11 heavy (non-hydrogen) atoms. The largest absolute Gasteiger partial charge is 0.481 e. The van der Waals surface area contributed by atoms with E-state index in [0.29, 0.717) is 12.0 Å². The lowest BCUT2D eigenvalue weighted by Gasteiger charge is -2.02. The smallest absolute Gasteiger partial charge is 0.304 e. The second-order valence-electron chi connectivity index (χ2n) is 2.08. The first kappa shape index (κ1) is 10.5. The molecule has 1 atom stereocenters. The van der Waals surface area contributed by atoms with Crippen LogP contribution in [0.3, 0.4) is 0 Å². The highest BCUT2D eigenvalue weighted by Crippen LogP contribution is 2.11. The van der Waals surface area contributed by atoms with Gasteiger partial charge in [0.25, 0.3) is 0 Å². The third-order valence-corrected chi connectivity index (χ3v) is 1.69. The number of hydrogen-bond acceptors (Lipinski definition) is 3. The summed E-state index contributed by atoms with van der Waals surface area (Å²) >= 11 is 0.571. The molecule has 0 heterocycles. The summed E-state index contributed by atoms with van der Waals surface area (Å²) in [5.74, 6) is -0.891. The summed E-state index contributed by atoms with van der Waals surface area (Å²) in [5, 5.41) is 8.04. The van der Waals surface area contributed by atoms with E-state index < -0.39 is 5.97 Å². The summed E-state index contributed by atoms with van der Waals surface area (Å²) in [6.07, 6.45) is 4.38. The molecule has 0 bridgehead atoms. The predicted octanol–water partition coefficient (Wildman–Crippen LogP) is 2.00. The van der Waals surface area contributed by atoms with E-state index in [4.69, 9.17) is 9.66 Å². The Morgan fingerprint density at radius 3 is 2.73 bits per heavy atom. The number of hydrogen-bond donors (Lipinski definition) is 2. The van der Waals surface area contributed by atoms with Crippen LogP contribution < -0.4 is 0 Å². The van der Waals surface area contributed by atoms with Crippen molar-refractivity contribution in [2.75, 3.05) is 0 Å². The van der Waals surface area contributed by atoms with Gasteiger partial charge in [0, 0.05) is 0 Å². The normalized spacial score (nSPS) is 13.6. The predicted molar refractivity (Wildman–Crippen MR) is 45.7 cm³/mol. The summed E-state index contributed by atoms with van der Waals surface area (Å²) in [5.41, 5.74) is 0. The highest BCUT2D eigenvalue weighted by atomic mass is 32.2. The minimum absolute atomic E-state index is 0.0301. The third kappa shape index (κ3) is 5.94. The van der Waals surface area contributed by atoms with Gasteiger partial charge in [0.1, 0.15) is 0 Å². The number of aliphatic carboxylic acids is 1. The number of rotatable bonds is 5. The Morgan fingerprint density at radius 2 is 2.36 bits per heavy atom. The Balaban J connectivity index is 3.75. The van der Waals surface area contributed by atoms with Crippen LogP contribution in [0.4, 0.5) is 0 Å². The van der Waals surface area contributed by atoms with Gasteiger partial charge < -0.3 is 9.66 Å². The molecule has 0 aliphatic heterocycles. The first-order valence-corrected chi connectivity index (χ1v) is 4.23. The maximum Gasteiger partial charge on any atom is 0.304 e. The first-order chi connectivity index (χ1) is 5.20. The molecule has 0 amide bonds. The monoisotopic (exact) mass is 176 g/mol. The fourth-order valence-electron chi connectivity index (χ4n) is 0.600. The third-order valence-electron chi connectivity index (χ3n) is 1.10. The van der Waals surface area contributed by atoms with E-state index in [1.807, 2.05) is 13.0 Å². The molecule has 0 spiro atoms. The van der Waals surface area contributed by atoms with E-state index in [-0.39, 0.29) is 11.7 Å². The molecule has 0 aliphatic carbocycles. The number of carboxylic acids is 1. The van der Waals surface area contributed by atoms with Gasteiger partial charge in [-0.2, -0.15) is 0 Å². The van der Waals surface area contributed by atoms with Crippen molar-refractivity contribution >= 4 is 18.0 Å². The Labute approximate surface area is 70.3 Å². The highest BCUT2D eigenvalue weighted by Gasteiger charge is 2.08. The maximum atomic E-state index is 10.2. The van der Waals surface area contributed by atoms with Gasteiger partial charge in [-0.3, -0.25) is 4.79 Å². The molecule has 0 rings (SSSR count). The van der Waals surface area contributed by atoms with Crippen LogP contribution in [0.2, 0.25) is 0 Å². The van der Waals surface area contributed by atoms with Gasteiger partial charge >= 0.3 is 5.97 Å². The summed E-state index contributed by atoms with van der Waals surface area (Å²) in [6, 6.07) is 0. The van der Waals surface area contributed by atoms with Gasteiger partial charge in [-0.25, -0.2) is 0 Å². The molecule has 0 aliphatic rings. The fourth-order valence-corrected chi connectivity index (χ4v) is 0.999. The molecule has 2 N–H and O–H groups in total. The van der Waals surface area contributed by atoms with Gasteiger partial charge in [0.15, 0.2) is 0 Å². The van der Waals surface area contributed by atoms with Gasteiger partial charge in [0.2, 0.25) is 0 Å². The molecule has 0 saturated carbocycles. The lowest BCUT2D eigenvalue weighted by Crippen LogP contribution is -2.06. The van der Waals surface area contributed by atoms with Crippen LogP contribution in [0.15, 0.2) is 12.2 Å². The quantitative estimate of drug-likeness (QED) is 0.497. The van der Waals surface area contributed by atoms with E-state index in [0.717, 1.165) is 6.42 Å². The molecule has 0 aromatic carbocycles. The molecule has 1 unspecified atom stereocenters. The number of allylic oxidation sites excluding steroid dienone is 1. The van der Waals surface area contributed by atoms with Crippen molar-refractivity contribution in [2.24, 2.45) is 0 Å². The maximum absolute atomic E-state index is 10.2. The minimum atomic E-state index is -0.891. The Morgan fingerprint density at radius 1 is 1.73 bits per heavy atom. The van der Waals surface area contributed by atoms with Crippen molar-refractivity contribution in [1.29, 1.82) is 0 Å². The molecule has 0 fully saturated rings. The molecule has 0 aromatic rings. The number of carbonyl (C=O) groups is 1. The SMILES string of the molecule is CCC=CC(CC(=O)O)SO. The zero-order valence-electron chi connectivity index (χ0n) is 6.36. The van der Waals surface area contributed by atoms with E-state index in [1.165, 1.54) is 0 Å². The van der Waals surface area contributed by atoms with E-state index in [1.54, 1.807) is 6.08 Å². The van der Waals surface area contributed by atoms with Crippen molar-refractivity contribution in [3.05, 3.63) is 12.2 Å². The summed E-state index contributed by atoms with van der Waals surface area (Å²) in [4.78, 5) is 10.2. The zero-order valence-corrected chi connectivity index (χ0v) is 7.17. The summed E-state index contributed by atoms with van der Waals surface area (Å²) in [6.45, 7) is 1.95. The zero-order chi connectivity index (χ0) is 8.69. The molecule has 0 radical (unpaired) electrons. The van der Waals surface area contributed by atoms with Crippen LogP contribution in [0.5, 0.6) is 0 Å². The van der Waals surface area contributed by atoms with Crippen molar-refractivity contribution < 1.29 is 14.5 Å². The molecule has 3 nitrogen and oxygen atoms in total. The number of carboxylic acid groups (broad SMARTS) is 1. The van der Waals surface area contributed by atoms with Gasteiger partial charge in [-0.05, 0) is 18.5 Å². The molecular formula is C7H12O3S. The van der Waals surface area contributed by atoms with E-state index in [2.05, 4.69) is 0 Å². The van der Waals surface area contributed by atoms with Gasteiger partial charge in [0.05, 0.1) is 11.7 Å². The van der Waals surface area contributed by atoms with Crippen LogP contribution >= 0.6 is 12.0 Å². The highest BCUT2D eigenvalue weighted by molar-refractivity contribution is 7.94. The lowest BCUT2D eigenvalue weighted by atomic mass is 10.2. The first-order valence-electron chi connectivity index (χ1n) is 3.39. The average molecular weight is 176 g/mol. The van der Waals surface area contributed by atoms with Gasteiger partial charge in [-0.15, -0.1) is 0 Å². The molecular weight excluding hydrogens is 164 g/mol. The van der Waals surface area contributed by atoms with Crippen molar-refractivity contribution in [2.45, 2.75) is 25.0 Å². The second kappa shape index (κ2) is 6.24. The van der Waals surface area contributed by atoms with Crippen molar-refractivity contribution in [3.8, 4) is 0 Å². The van der Waals surface area contributed by atoms with Gasteiger partial charge in [-0.1, -0.05) is 19.1 Å². The average Bonchev–Trinajstić information content (AvgIpc) is 1.97. The Hall–Kier alpha value is -0.480. The van der Waals surface area contributed by atoms with Crippen LogP contribution in [0.1, 0.15) is 19.8 Å². The summed E-state index contributed by atoms with van der Waals surface area (Å²) < 4.78 is 8.60. The summed E-state index contributed by atoms with van der Waals surface area (Å²) in [7, 11) is 0. The molecule has 4 heteroatoms. The van der Waals surface area contributed by atoms with Crippen LogP contribution in [-0.4, -0.2) is 20.9 Å². The van der Waals surface area contributed by atoms with Crippen molar-refractivity contribution in [3.63, 3.8) is 0 Å². The second-order valence-corrected chi connectivity index (χ2v) is 2.89. The molecule has 0 saturated heterocycles. The van der Waals surface area contributed by atoms with Crippen LogP contribution in [0.25, 0.3) is 0 Å². The van der Waals surface area contributed by atoms with Crippen molar-refractivity contribution in [1.82, 2.24) is 0 Å². The molecule has 64 valence electrons. The minimum Gasteiger partial charge on any atom is -0.481 e. The van der Waals surface area contributed by atoms with Crippen LogP contribution in [-0.2, 0) is 4.79 Å². The van der Waals surface area contributed by atoms with Crippen LogP contribution in [0, 0.1) is 0 Å². The molecule has 0 aromatic heterocycles. The van der Waals surface area contributed by atoms with E-state index in [9.17, 15) is 4.79 Å². The lowest BCUT2D eigenvalue weighted by molar-refractivity contribution is -0.136. The topological polar surface area (TPSA) is 57.5 Å². The fraction of sp³-hybridized carbons (Fsp3) is 0.571. The standard InChI is InChI=1S/C7H12O3S/c1-2-3-4-6(11-10)5-7(8)9/h3-4,6,10H,2,5H2,1H3,(H,8,9). The van der Waals surface area contributed by atoms with E-state index >= 15 is 0 Å².